The largest absolute Gasteiger partial charge is 0.323 e. The molecule has 1 aliphatic carbocycles. The molecule has 19 heavy (non-hydrogen) atoms. The molecule has 0 radical (unpaired) electrons. The van der Waals surface area contributed by atoms with Crippen molar-refractivity contribution in [2.24, 2.45) is 5.73 Å². The van der Waals surface area contributed by atoms with E-state index >= 15 is 0 Å². The Morgan fingerprint density at radius 2 is 2.21 bits per heavy atom. The van der Waals surface area contributed by atoms with Crippen molar-refractivity contribution in [3.63, 3.8) is 0 Å². The molecule has 4 heteroatoms. The van der Waals surface area contributed by atoms with Crippen molar-refractivity contribution in [3.05, 3.63) is 56.0 Å². The van der Waals surface area contributed by atoms with Crippen molar-refractivity contribution >= 4 is 22.9 Å². The van der Waals surface area contributed by atoms with Gasteiger partial charge in [-0.15, -0.1) is 11.3 Å². The summed E-state index contributed by atoms with van der Waals surface area (Å²) in [4.78, 5) is 2.59. The first kappa shape index (κ1) is 13.1. The predicted octanol–water partition coefficient (Wildman–Crippen LogP) is 4.27. The SMILES string of the molecule is NC(Cc1c(F)cccc1Cl)c1cc2c(s1)CCC2. The van der Waals surface area contributed by atoms with Crippen LogP contribution in [0.5, 0.6) is 0 Å². The molecule has 1 aliphatic rings. The Kier molecular flexibility index (Phi) is 3.61. The number of benzene rings is 1. The van der Waals surface area contributed by atoms with Crippen molar-refractivity contribution in [2.45, 2.75) is 31.7 Å². The summed E-state index contributed by atoms with van der Waals surface area (Å²) < 4.78 is 13.8. The Labute approximate surface area is 121 Å². The van der Waals surface area contributed by atoms with Crippen LogP contribution in [-0.4, -0.2) is 0 Å². The monoisotopic (exact) mass is 295 g/mol. The molecule has 1 nitrogen and oxygen atoms in total. The van der Waals surface area contributed by atoms with E-state index in [1.54, 1.807) is 23.5 Å². The minimum Gasteiger partial charge on any atom is -0.323 e. The fourth-order valence-corrected chi connectivity index (χ4v) is 4.08. The Bertz CT molecular complexity index is 566. The van der Waals surface area contributed by atoms with E-state index in [-0.39, 0.29) is 11.9 Å². The standard InChI is InChI=1S/C15H15ClFNS/c16-11-4-2-5-12(17)10(11)8-13(18)15-7-9-3-1-6-14(9)19-15/h2,4-5,7,13H,1,3,6,8,18H2. The highest BCUT2D eigenvalue weighted by atomic mass is 35.5. The van der Waals surface area contributed by atoms with Crippen LogP contribution in [-0.2, 0) is 19.3 Å². The van der Waals surface area contributed by atoms with E-state index in [4.69, 9.17) is 17.3 Å². The van der Waals surface area contributed by atoms with Gasteiger partial charge >= 0.3 is 0 Å². The fourth-order valence-electron chi connectivity index (χ4n) is 2.58. The lowest BCUT2D eigenvalue weighted by Crippen LogP contribution is -2.13. The van der Waals surface area contributed by atoms with Gasteiger partial charge in [-0.05, 0) is 49.4 Å². The van der Waals surface area contributed by atoms with E-state index in [2.05, 4.69) is 6.07 Å². The fraction of sp³-hybridized carbons (Fsp3) is 0.333. The van der Waals surface area contributed by atoms with Gasteiger partial charge < -0.3 is 5.73 Å². The lowest BCUT2D eigenvalue weighted by Gasteiger charge is -2.12. The van der Waals surface area contributed by atoms with E-state index < -0.39 is 0 Å². The van der Waals surface area contributed by atoms with Gasteiger partial charge in [0, 0.05) is 26.4 Å². The smallest absolute Gasteiger partial charge is 0.127 e. The maximum Gasteiger partial charge on any atom is 0.127 e. The van der Waals surface area contributed by atoms with Crippen molar-refractivity contribution < 1.29 is 4.39 Å². The van der Waals surface area contributed by atoms with Crippen LogP contribution in [0.4, 0.5) is 4.39 Å². The highest BCUT2D eigenvalue weighted by Gasteiger charge is 2.19. The van der Waals surface area contributed by atoms with Gasteiger partial charge in [0.15, 0.2) is 0 Å². The summed E-state index contributed by atoms with van der Waals surface area (Å²) in [5.41, 5.74) is 8.16. The average molecular weight is 296 g/mol. The zero-order valence-electron chi connectivity index (χ0n) is 10.5. The summed E-state index contributed by atoms with van der Waals surface area (Å²) in [5, 5.41) is 0.458. The normalized spacial score (nSPS) is 15.5. The van der Waals surface area contributed by atoms with Crippen LogP contribution in [0, 0.1) is 5.82 Å². The Morgan fingerprint density at radius 1 is 1.37 bits per heavy atom. The number of hydrogen-bond acceptors (Lipinski definition) is 2. The van der Waals surface area contributed by atoms with Gasteiger partial charge in [0.1, 0.15) is 5.82 Å². The first-order chi connectivity index (χ1) is 9.15. The van der Waals surface area contributed by atoms with Crippen molar-refractivity contribution in [3.8, 4) is 0 Å². The van der Waals surface area contributed by atoms with E-state index in [9.17, 15) is 4.39 Å². The lowest BCUT2D eigenvalue weighted by atomic mass is 10.0. The zero-order chi connectivity index (χ0) is 13.4. The molecule has 1 aromatic carbocycles. The van der Waals surface area contributed by atoms with Crippen LogP contribution < -0.4 is 5.73 Å². The van der Waals surface area contributed by atoms with Crippen LogP contribution in [0.15, 0.2) is 24.3 Å². The molecule has 1 unspecified atom stereocenters. The van der Waals surface area contributed by atoms with Gasteiger partial charge in [-0.25, -0.2) is 4.39 Å². The summed E-state index contributed by atoms with van der Waals surface area (Å²) >= 11 is 7.81. The van der Waals surface area contributed by atoms with Gasteiger partial charge in [-0.2, -0.15) is 0 Å². The van der Waals surface area contributed by atoms with Gasteiger partial charge in [0.05, 0.1) is 0 Å². The first-order valence-electron chi connectivity index (χ1n) is 6.45. The second kappa shape index (κ2) is 5.23. The number of aryl methyl sites for hydroxylation is 2. The van der Waals surface area contributed by atoms with Gasteiger partial charge in [-0.1, -0.05) is 17.7 Å². The summed E-state index contributed by atoms with van der Waals surface area (Å²) in [7, 11) is 0. The molecule has 1 atom stereocenters. The number of thiophene rings is 1. The van der Waals surface area contributed by atoms with Crippen LogP contribution in [0.3, 0.4) is 0 Å². The Hall–Kier alpha value is -0.900. The average Bonchev–Trinajstić information content (AvgIpc) is 2.94. The number of nitrogens with two attached hydrogens (primary N) is 1. The van der Waals surface area contributed by atoms with Gasteiger partial charge in [0.2, 0.25) is 0 Å². The molecular formula is C15H15ClFNS. The van der Waals surface area contributed by atoms with Crippen LogP contribution in [0.25, 0.3) is 0 Å². The van der Waals surface area contributed by atoms with Crippen molar-refractivity contribution in [2.75, 3.05) is 0 Å². The highest BCUT2D eigenvalue weighted by Crippen LogP contribution is 2.35. The molecule has 0 fully saturated rings. The Balaban J connectivity index is 1.82. The third-order valence-corrected chi connectivity index (χ3v) is 5.34. The molecule has 2 N–H and O–H groups in total. The molecule has 0 bridgehead atoms. The molecule has 3 rings (SSSR count). The molecule has 1 heterocycles. The van der Waals surface area contributed by atoms with Gasteiger partial charge in [-0.3, -0.25) is 0 Å². The van der Waals surface area contributed by atoms with E-state index in [0.29, 0.717) is 17.0 Å². The molecule has 100 valence electrons. The molecule has 0 amide bonds. The maximum absolute atomic E-state index is 13.8. The highest BCUT2D eigenvalue weighted by molar-refractivity contribution is 7.12. The number of fused-ring (bicyclic) bond motifs is 1. The summed E-state index contributed by atoms with van der Waals surface area (Å²) in [5.74, 6) is -0.271. The molecule has 0 saturated carbocycles. The second-order valence-electron chi connectivity index (χ2n) is 4.96. The third-order valence-electron chi connectivity index (χ3n) is 3.62. The summed E-state index contributed by atoms with van der Waals surface area (Å²) in [6.07, 6.45) is 4.01. The van der Waals surface area contributed by atoms with Gasteiger partial charge in [0.25, 0.3) is 0 Å². The lowest BCUT2D eigenvalue weighted by molar-refractivity contribution is 0.595. The topological polar surface area (TPSA) is 26.0 Å². The predicted molar refractivity (Wildman–Crippen MR) is 78.4 cm³/mol. The molecule has 1 aromatic heterocycles. The third kappa shape index (κ3) is 2.55. The molecule has 2 aromatic rings. The minimum absolute atomic E-state index is 0.176. The van der Waals surface area contributed by atoms with Crippen LogP contribution >= 0.6 is 22.9 Å². The minimum atomic E-state index is -0.271. The maximum atomic E-state index is 13.8. The number of rotatable bonds is 3. The zero-order valence-corrected chi connectivity index (χ0v) is 12.0. The van der Waals surface area contributed by atoms with E-state index in [0.717, 1.165) is 17.7 Å². The van der Waals surface area contributed by atoms with Crippen molar-refractivity contribution in [1.82, 2.24) is 0 Å². The molecule has 0 saturated heterocycles. The molecule has 0 aliphatic heterocycles. The first-order valence-corrected chi connectivity index (χ1v) is 7.64. The summed E-state index contributed by atoms with van der Waals surface area (Å²) in [6, 6.07) is 6.77. The number of hydrogen-bond donors (Lipinski definition) is 1. The second-order valence-corrected chi connectivity index (χ2v) is 6.54. The molecular weight excluding hydrogens is 281 g/mol. The Morgan fingerprint density at radius 3 is 2.95 bits per heavy atom. The quantitative estimate of drug-likeness (QED) is 0.899. The van der Waals surface area contributed by atoms with E-state index in [1.165, 1.54) is 22.9 Å². The van der Waals surface area contributed by atoms with Crippen molar-refractivity contribution in [1.29, 1.82) is 0 Å². The van der Waals surface area contributed by atoms with Crippen LogP contribution in [0.1, 0.15) is 33.3 Å². The van der Waals surface area contributed by atoms with Crippen LogP contribution in [0.2, 0.25) is 5.02 Å². The van der Waals surface area contributed by atoms with E-state index in [1.807, 2.05) is 0 Å². The summed E-state index contributed by atoms with van der Waals surface area (Å²) in [6.45, 7) is 0. The molecule has 0 spiro atoms. The number of halogens is 2.